The smallest absolute Gasteiger partial charge is 0.0940 e. The summed E-state index contributed by atoms with van der Waals surface area (Å²) >= 11 is 3.34. The maximum Gasteiger partial charge on any atom is 0.0940 e. The lowest BCUT2D eigenvalue weighted by Gasteiger charge is -2.44. The van der Waals surface area contributed by atoms with Crippen molar-refractivity contribution in [3.8, 4) is 0 Å². The van der Waals surface area contributed by atoms with Gasteiger partial charge in [0.25, 0.3) is 0 Å². The SMILES string of the molecule is COC1(C(O)Cc2ccc(Br)cn2)CCC1. The van der Waals surface area contributed by atoms with Crippen molar-refractivity contribution in [2.24, 2.45) is 0 Å². The Morgan fingerprint density at radius 3 is 2.75 bits per heavy atom. The average molecular weight is 286 g/mol. The molecule has 1 unspecified atom stereocenters. The van der Waals surface area contributed by atoms with Crippen LogP contribution in [0, 0.1) is 0 Å². The molecule has 1 aromatic rings. The van der Waals surface area contributed by atoms with E-state index in [1.807, 2.05) is 12.1 Å². The second kappa shape index (κ2) is 4.82. The zero-order valence-corrected chi connectivity index (χ0v) is 10.9. The number of methoxy groups -OCH3 is 1. The maximum atomic E-state index is 10.2. The lowest BCUT2D eigenvalue weighted by atomic mass is 9.74. The van der Waals surface area contributed by atoms with Crippen LogP contribution in [0.5, 0.6) is 0 Å². The molecule has 0 aromatic carbocycles. The fraction of sp³-hybridized carbons (Fsp3) is 0.583. The third kappa shape index (κ3) is 2.29. The molecule has 0 radical (unpaired) electrons. The summed E-state index contributed by atoms with van der Waals surface area (Å²) < 4.78 is 6.40. The van der Waals surface area contributed by atoms with Crippen LogP contribution in [0.15, 0.2) is 22.8 Å². The van der Waals surface area contributed by atoms with Crippen molar-refractivity contribution in [2.45, 2.75) is 37.4 Å². The van der Waals surface area contributed by atoms with Crippen LogP contribution >= 0.6 is 15.9 Å². The monoisotopic (exact) mass is 285 g/mol. The van der Waals surface area contributed by atoms with Crippen LogP contribution in [0.2, 0.25) is 0 Å². The van der Waals surface area contributed by atoms with Gasteiger partial charge in [-0.15, -0.1) is 0 Å². The first-order valence-corrected chi connectivity index (χ1v) is 6.29. The van der Waals surface area contributed by atoms with E-state index in [0.29, 0.717) is 6.42 Å². The summed E-state index contributed by atoms with van der Waals surface area (Å²) in [5.41, 5.74) is 0.577. The molecule has 0 saturated heterocycles. The Morgan fingerprint density at radius 2 is 2.31 bits per heavy atom. The molecule has 1 aliphatic rings. The van der Waals surface area contributed by atoms with Crippen molar-refractivity contribution in [2.75, 3.05) is 7.11 Å². The molecule has 4 heteroatoms. The maximum absolute atomic E-state index is 10.2. The third-order valence-electron chi connectivity index (χ3n) is 3.40. The fourth-order valence-electron chi connectivity index (χ4n) is 2.11. The largest absolute Gasteiger partial charge is 0.390 e. The van der Waals surface area contributed by atoms with Crippen LogP contribution in [0.25, 0.3) is 0 Å². The number of hydrogen-bond acceptors (Lipinski definition) is 3. The van der Waals surface area contributed by atoms with Crippen molar-refractivity contribution >= 4 is 15.9 Å². The predicted octanol–water partition coefficient (Wildman–Crippen LogP) is 2.32. The zero-order chi connectivity index (χ0) is 11.6. The van der Waals surface area contributed by atoms with Gasteiger partial charge in [-0.25, -0.2) is 0 Å². The molecule has 1 aliphatic carbocycles. The first-order valence-electron chi connectivity index (χ1n) is 5.50. The summed E-state index contributed by atoms with van der Waals surface area (Å²) in [4.78, 5) is 4.26. The van der Waals surface area contributed by atoms with Crippen LogP contribution < -0.4 is 0 Å². The van der Waals surface area contributed by atoms with E-state index in [-0.39, 0.29) is 5.60 Å². The van der Waals surface area contributed by atoms with Gasteiger partial charge in [0, 0.05) is 29.9 Å². The molecule has 1 aromatic heterocycles. The lowest BCUT2D eigenvalue weighted by molar-refractivity contribution is -0.148. The Labute approximate surface area is 104 Å². The summed E-state index contributed by atoms with van der Waals surface area (Å²) in [6.07, 6.45) is 4.88. The summed E-state index contributed by atoms with van der Waals surface area (Å²) in [6.45, 7) is 0. The molecule has 1 saturated carbocycles. The Morgan fingerprint density at radius 1 is 1.56 bits per heavy atom. The average Bonchev–Trinajstić information content (AvgIpc) is 2.21. The molecule has 1 N–H and O–H groups in total. The second-order valence-corrected chi connectivity index (χ2v) is 5.23. The molecule has 1 heterocycles. The van der Waals surface area contributed by atoms with Crippen LogP contribution in [0.3, 0.4) is 0 Å². The van der Waals surface area contributed by atoms with Gasteiger partial charge >= 0.3 is 0 Å². The van der Waals surface area contributed by atoms with Gasteiger partial charge in [0.1, 0.15) is 0 Å². The summed E-state index contributed by atoms with van der Waals surface area (Å²) in [6, 6.07) is 3.87. The number of rotatable bonds is 4. The highest BCUT2D eigenvalue weighted by atomic mass is 79.9. The molecule has 1 atom stereocenters. The fourth-order valence-corrected chi connectivity index (χ4v) is 2.34. The number of aromatic nitrogens is 1. The highest BCUT2D eigenvalue weighted by molar-refractivity contribution is 9.10. The highest BCUT2D eigenvalue weighted by Gasteiger charge is 2.43. The number of aliphatic hydroxyl groups is 1. The summed E-state index contributed by atoms with van der Waals surface area (Å²) in [5.74, 6) is 0. The van der Waals surface area contributed by atoms with Gasteiger partial charge in [-0.1, -0.05) is 0 Å². The van der Waals surface area contributed by atoms with Gasteiger partial charge in [-0.05, 0) is 47.3 Å². The van der Waals surface area contributed by atoms with E-state index in [0.717, 1.165) is 29.4 Å². The molecule has 3 nitrogen and oxygen atoms in total. The van der Waals surface area contributed by atoms with Crippen LogP contribution in [0.4, 0.5) is 0 Å². The molecular formula is C12H16BrNO2. The van der Waals surface area contributed by atoms with Crippen molar-refractivity contribution in [1.29, 1.82) is 0 Å². The summed E-state index contributed by atoms with van der Waals surface area (Å²) in [7, 11) is 1.68. The first-order chi connectivity index (χ1) is 7.66. The standard InChI is InChI=1S/C12H16BrNO2/c1-16-12(5-2-6-12)11(15)7-10-4-3-9(13)8-14-10/h3-4,8,11,15H,2,5-7H2,1H3. The number of pyridine rings is 1. The summed E-state index contributed by atoms with van der Waals surface area (Å²) in [5, 5.41) is 10.2. The molecular weight excluding hydrogens is 270 g/mol. The van der Waals surface area contributed by atoms with Crippen molar-refractivity contribution in [3.63, 3.8) is 0 Å². The minimum absolute atomic E-state index is 0.325. The van der Waals surface area contributed by atoms with E-state index in [4.69, 9.17) is 4.74 Å². The van der Waals surface area contributed by atoms with E-state index < -0.39 is 6.10 Å². The third-order valence-corrected chi connectivity index (χ3v) is 3.87. The molecule has 2 rings (SSSR count). The van der Waals surface area contributed by atoms with Crippen LogP contribution in [-0.2, 0) is 11.2 Å². The van der Waals surface area contributed by atoms with E-state index in [1.54, 1.807) is 13.3 Å². The minimum atomic E-state index is -0.458. The van der Waals surface area contributed by atoms with Gasteiger partial charge in [-0.3, -0.25) is 4.98 Å². The van der Waals surface area contributed by atoms with E-state index in [9.17, 15) is 5.11 Å². The number of nitrogens with zero attached hydrogens (tertiary/aromatic N) is 1. The normalized spacial score (nSPS) is 20.2. The molecule has 0 bridgehead atoms. The zero-order valence-electron chi connectivity index (χ0n) is 9.32. The molecule has 88 valence electrons. The molecule has 0 spiro atoms. The molecule has 0 aliphatic heterocycles. The van der Waals surface area contributed by atoms with Gasteiger partial charge in [0.2, 0.25) is 0 Å². The van der Waals surface area contributed by atoms with E-state index >= 15 is 0 Å². The molecule has 1 fully saturated rings. The number of aliphatic hydroxyl groups excluding tert-OH is 1. The predicted molar refractivity (Wildman–Crippen MR) is 65.2 cm³/mol. The number of hydrogen-bond donors (Lipinski definition) is 1. The van der Waals surface area contributed by atoms with Gasteiger partial charge in [-0.2, -0.15) is 0 Å². The van der Waals surface area contributed by atoms with Crippen LogP contribution in [-0.4, -0.2) is 28.9 Å². The van der Waals surface area contributed by atoms with Gasteiger partial charge in [0.05, 0.1) is 11.7 Å². The topological polar surface area (TPSA) is 42.4 Å². The highest BCUT2D eigenvalue weighted by Crippen LogP contribution is 2.38. The Kier molecular flexibility index (Phi) is 3.62. The van der Waals surface area contributed by atoms with Crippen molar-refractivity contribution in [3.05, 3.63) is 28.5 Å². The Balaban J connectivity index is 2.01. The number of ether oxygens (including phenoxy) is 1. The quantitative estimate of drug-likeness (QED) is 0.923. The Bertz CT molecular complexity index is 343. The van der Waals surface area contributed by atoms with Crippen molar-refractivity contribution in [1.82, 2.24) is 4.98 Å². The van der Waals surface area contributed by atoms with Crippen molar-refractivity contribution < 1.29 is 9.84 Å². The van der Waals surface area contributed by atoms with E-state index in [2.05, 4.69) is 20.9 Å². The molecule has 16 heavy (non-hydrogen) atoms. The van der Waals surface area contributed by atoms with Gasteiger partial charge in [0.15, 0.2) is 0 Å². The van der Waals surface area contributed by atoms with E-state index in [1.165, 1.54) is 0 Å². The van der Waals surface area contributed by atoms with Gasteiger partial charge < -0.3 is 9.84 Å². The Hall–Kier alpha value is -0.450. The molecule has 0 amide bonds. The number of halogens is 1. The minimum Gasteiger partial charge on any atom is -0.390 e. The first kappa shape index (κ1) is 12.0. The van der Waals surface area contributed by atoms with Crippen LogP contribution in [0.1, 0.15) is 25.0 Å². The lowest BCUT2D eigenvalue weighted by Crippen LogP contribution is -2.50. The second-order valence-electron chi connectivity index (χ2n) is 4.31.